The Morgan fingerprint density at radius 2 is 1.09 bits per heavy atom. The quantitative estimate of drug-likeness (QED) is 0.0275. The van der Waals surface area contributed by atoms with Gasteiger partial charge < -0.3 is 35.2 Å². The van der Waals surface area contributed by atoms with Crippen LogP contribution in [0.15, 0.2) is 12.2 Å². The number of unbranched alkanes of at least 4 members (excludes halogenated alkanes) is 2. The van der Waals surface area contributed by atoms with E-state index in [0.717, 1.165) is 36.1 Å². The first-order valence-electron chi connectivity index (χ1n) is 17.5. The molecule has 274 valence electrons. The summed E-state index contributed by atoms with van der Waals surface area (Å²) in [5, 5.41) is 0. The monoisotopic (exact) mass is 740 g/mol. The first-order chi connectivity index (χ1) is 20.9. The number of carbonyl (C=O) groups excluding carboxylic acids is 1. The van der Waals surface area contributed by atoms with Gasteiger partial charge in [0.05, 0.1) is 40.5 Å². The lowest BCUT2D eigenvalue weighted by Crippen LogP contribution is -2.58. The van der Waals surface area contributed by atoms with Crippen LogP contribution in [0.3, 0.4) is 0 Å². The van der Waals surface area contributed by atoms with E-state index in [2.05, 4.69) is 100.0 Å². The first-order valence-corrected chi connectivity index (χ1v) is 32.2. The fourth-order valence-corrected chi connectivity index (χ4v) is 30.4. The van der Waals surface area contributed by atoms with Crippen LogP contribution >= 0.6 is 0 Å². The summed E-state index contributed by atoms with van der Waals surface area (Å²) in [6, 6.07) is 2.10. The van der Waals surface area contributed by atoms with E-state index in [4.69, 9.17) is 30.7 Å². The zero-order valence-electron chi connectivity index (χ0n) is 32.7. The van der Waals surface area contributed by atoms with E-state index < -0.39 is 54.4 Å². The molecular weight excluding hydrogens is 667 g/mol. The zero-order chi connectivity index (χ0) is 35.9. The van der Waals surface area contributed by atoms with Crippen molar-refractivity contribution in [1.29, 1.82) is 0 Å². The molecule has 14 heteroatoms. The van der Waals surface area contributed by atoms with E-state index in [0.29, 0.717) is 25.4 Å². The maximum atomic E-state index is 12.2. The molecule has 0 aromatic rings. The van der Waals surface area contributed by atoms with Crippen molar-refractivity contribution in [3.63, 3.8) is 0 Å². The average molecular weight is 741 g/mol. The molecule has 0 aliphatic carbocycles. The van der Waals surface area contributed by atoms with Crippen molar-refractivity contribution in [1.82, 2.24) is 0 Å². The first kappa shape index (κ1) is 46.0. The molecule has 46 heavy (non-hydrogen) atoms. The van der Waals surface area contributed by atoms with Gasteiger partial charge in [-0.05, 0) is 97.3 Å². The molecule has 0 N–H and O–H groups in total. The van der Waals surface area contributed by atoms with Crippen molar-refractivity contribution in [3.8, 4) is 0 Å². The van der Waals surface area contributed by atoms with Crippen LogP contribution in [-0.2, 0) is 35.5 Å². The average Bonchev–Trinajstić information content (AvgIpc) is 2.85. The fourth-order valence-electron chi connectivity index (χ4n) is 5.69. The fraction of sp³-hybridized carbons (Fsp3) is 0.906. The highest BCUT2D eigenvalue weighted by molar-refractivity contribution is 6.90. The van der Waals surface area contributed by atoms with Crippen LogP contribution in [0, 0.1) is 0 Å². The Balaban J connectivity index is 4.89. The van der Waals surface area contributed by atoms with E-state index >= 15 is 0 Å². The van der Waals surface area contributed by atoms with E-state index in [9.17, 15) is 4.79 Å². The van der Waals surface area contributed by atoms with E-state index in [1.165, 1.54) is 25.7 Å². The van der Waals surface area contributed by atoms with Crippen molar-refractivity contribution in [2.24, 2.45) is 0 Å². The molecule has 0 amide bonds. The predicted molar refractivity (Wildman–Crippen MR) is 204 cm³/mol. The van der Waals surface area contributed by atoms with Gasteiger partial charge >= 0.3 is 31.7 Å². The number of quaternary nitrogens is 1. The second kappa shape index (κ2) is 20.6. The van der Waals surface area contributed by atoms with Gasteiger partial charge in [-0.1, -0.05) is 39.7 Å². The van der Waals surface area contributed by atoms with Crippen LogP contribution in [0.5, 0.6) is 0 Å². The number of hydrogen-bond acceptors (Lipinski definition) is 8. The molecule has 0 spiro atoms. The van der Waals surface area contributed by atoms with Gasteiger partial charge in [0.25, 0.3) is 0 Å². The van der Waals surface area contributed by atoms with Crippen molar-refractivity contribution < 1.29 is 39.9 Å². The summed E-state index contributed by atoms with van der Waals surface area (Å²) < 4.78 is 45.4. The van der Waals surface area contributed by atoms with Crippen molar-refractivity contribution in [3.05, 3.63) is 12.2 Å². The maximum Gasteiger partial charge on any atom is 0.333 e. The lowest BCUT2D eigenvalue weighted by Gasteiger charge is -2.42. The van der Waals surface area contributed by atoms with E-state index in [-0.39, 0.29) is 6.61 Å². The lowest BCUT2D eigenvalue weighted by atomic mass is 10.3. The molecule has 0 aliphatic heterocycles. The Morgan fingerprint density at radius 1 is 0.652 bits per heavy atom. The molecule has 0 radical (unpaired) electrons. The summed E-state index contributed by atoms with van der Waals surface area (Å²) in [6.45, 7) is 35.5. The number of esters is 1. The summed E-state index contributed by atoms with van der Waals surface area (Å²) in [5.74, 6) is -0.416. The van der Waals surface area contributed by atoms with Crippen LogP contribution < -0.4 is 0 Å². The summed E-state index contributed by atoms with van der Waals surface area (Å²) in [4.78, 5) is 12.2. The molecule has 9 nitrogen and oxygen atoms in total. The van der Waals surface area contributed by atoms with Gasteiger partial charge in [-0.2, -0.15) is 0 Å². The number of carbonyl (C=O) groups is 1. The molecule has 0 rings (SSSR count). The molecule has 0 fully saturated rings. The Morgan fingerprint density at radius 3 is 1.54 bits per heavy atom. The Labute approximate surface area is 289 Å². The number of hydrogen-bond donors (Lipinski definition) is 0. The third kappa shape index (κ3) is 23.4. The molecule has 1 atom stereocenters. The van der Waals surface area contributed by atoms with Gasteiger partial charge in [-0.3, -0.25) is 0 Å². The Bertz CT molecular complexity index is 900. The van der Waals surface area contributed by atoms with E-state index in [1.807, 2.05) is 0 Å². The molecule has 1 unspecified atom stereocenters. The Kier molecular flexibility index (Phi) is 20.6. The highest BCUT2D eigenvalue weighted by Crippen LogP contribution is 2.28. The van der Waals surface area contributed by atoms with Crippen molar-refractivity contribution in [2.45, 2.75) is 137 Å². The number of likely N-dealkylation sites (N-methyl/N-ethyl adjacent to an activating group) is 1. The molecular formula is C32H74NO8Si5+. The molecule has 0 saturated heterocycles. The third-order valence-corrected chi connectivity index (χ3v) is 26.7. The van der Waals surface area contributed by atoms with Gasteiger partial charge in [0.15, 0.2) is 16.6 Å². The van der Waals surface area contributed by atoms with Crippen LogP contribution in [0.2, 0.25) is 77.6 Å². The molecule has 0 bridgehead atoms. The van der Waals surface area contributed by atoms with Gasteiger partial charge in [0.2, 0.25) is 0 Å². The van der Waals surface area contributed by atoms with Crippen molar-refractivity contribution in [2.75, 3.05) is 53.6 Å². The SMILES string of the molecule is C=C(C)C(=O)OC(COCCC[Si](C)(C)O[Si](C)(C)O[Si](C)(C)O[Si](C)(C)O[Si](C)(C)CCCC)COCC[N+](C)(C)CCCC. The normalized spacial score (nSPS) is 14.4. The zero-order valence-corrected chi connectivity index (χ0v) is 37.7. The van der Waals surface area contributed by atoms with Crippen LogP contribution in [0.25, 0.3) is 0 Å². The molecule has 0 aromatic carbocycles. The minimum absolute atomic E-state index is 0.288. The summed E-state index contributed by atoms with van der Waals surface area (Å²) >= 11 is 0. The standard InChI is InChI=1S/C32H74NO8Si5/c1-17-19-22-33(5,6)23-25-36-29-31(37-32(34)30(3)4)28-35-24-21-27-43(9,10)39-45(13,14)41-46(15,16)40-44(11,12)38-42(7,8)26-20-18-2/h31H,3,17-29H2,1-2,4-16H3/q+1. The minimum atomic E-state index is -2.48. The largest absolute Gasteiger partial charge is 0.454 e. The second-order valence-corrected chi connectivity index (χ2v) is 35.7. The summed E-state index contributed by atoms with van der Waals surface area (Å²) in [5.41, 5.74) is 0.369. The van der Waals surface area contributed by atoms with Crippen molar-refractivity contribution >= 4 is 48.3 Å². The third-order valence-electron chi connectivity index (χ3n) is 7.41. The predicted octanol–water partition coefficient (Wildman–Crippen LogP) is 8.16. The smallest absolute Gasteiger partial charge is 0.333 e. The van der Waals surface area contributed by atoms with Crippen LogP contribution in [0.4, 0.5) is 0 Å². The topological polar surface area (TPSA) is 81.7 Å². The molecule has 0 aliphatic rings. The minimum Gasteiger partial charge on any atom is -0.454 e. The maximum absolute atomic E-state index is 12.2. The summed E-state index contributed by atoms with van der Waals surface area (Å²) in [6.07, 6.45) is 5.15. The number of nitrogens with zero attached hydrogens (tertiary/aromatic N) is 1. The van der Waals surface area contributed by atoms with Gasteiger partial charge in [-0.15, -0.1) is 0 Å². The Hall–Kier alpha value is 0.0144. The van der Waals surface area contributed by atoms with E-state index in [1.54, 1.807) is 6.92 Å². The van der Waals surface area contributed by atoms with Gasteiger partial charge in [-0.25, -0.2) is 4.79 Å². The van der Waals surface area contributed by atoms with Gasteiger partial charge in [0, 0.05) is 12.2 Å². The molecule has 0 saturated carbocycles. The summed E-state index contributed by atoms with van der Waals surface area (Å²) in [7, 11) is -6.66. The lowest BCUT2D eigenvalue weighted by molar-refractivity contribution is -0.890. The highest BCUT2D eigenvalue weighted by Gasteiger charge is 2.45. The second-order valence-electron chi connectivity index (χ2n) is 16.0. The molecule has 0 heterocycles. The number of ether oxygens (including phenoxy) is 3. The number of rotatable bonds is 27. The molecule has 0 aromatic heterocycles. The highest BCUT2D eigenvalue weighted by atomic mass is 28.5. The van der Waals surface area contributed by atoms with Crippen LogP contribution in [0.1, 0.15) is 52.9 Å². The van der Waals surface area contributed by atoms with Gasteiger partial charge in [0.1, 0.15) is 12.6 Å². The van der Waals surface area contributed by atoms with Crippen LogP contribution in [-0.4, -0.2) is 112 Å².